The van der Waals surface area contributed by atoms with Crippen LogP contribution < -0.4 is 0 Å². The fraction of sp³-hybridized carbons (Fsp3) is 0.667. The number of hydrogen-bond acceptors (Lipinski definition) is 1. The molecule has 0 aliphatic carbocycles. The molecule has 0 heterocycles. The van der Waals surface area contributed by atoms with Gasteiger partial charge in [-0.15, -0.1) is 0 Å². The van der Waals surface area contributed by atoms with Crippen molar-refractivity contribution in [3.63, 3.8) is 0 Å². The molecule has 8 heavy (non-hydrogen) atoms. The van der Waals surface area contributed by atoms with Gasteiger partial charge in [0, 0.05) is 24.8 Å². The van der Waals surface area contributed by atoms with Crippen molar-refractivity contribution >= 4 is 11.6 Å². The van der Waals surface area contributed by atoms with E-state index in [1.807, 2.05) is 14.0 Å². The Morgan fingerprint density at radius 3 is 2.38 bits per heavy atom. The molecule has 0 saturated heterocycles. The average molecular weight is 134 g/mol. The maximum atomic E-state index is 5.42. The normalized spacial score (nSPS) is 11.8. The summed E-state index contributed by atoms with van der Waals surface area (Å²) < 4.78 is 0. The SMILES string of the molecule is CCN(C)/C(C)=C/Cl. The Bertz CT molecular complexity index is 88.5. The zero-order valence-corrected chi connectivity index (χ0v) is 6.37. The van der Waals surface area contributed by atoms with Crippen LogP contribution >= 0.6 is 11.6 Å². The maximum Gasteiger partial charge on any atom is 0.0231 e. The molecule has 0 bridgehead atoms. The van der Waals surface area contributed by atoms with Crippen molar-refractivity contribution in [3.8, 4) is 0 Å². The van der Waals surface area contributed by atoms with Crippen LogP contribution in [-0.2, 0) is 0 Å². The molecule has 0 rings (SSSR count). The lowest BCUT2D eigenvalue weighted by Gasteiger charge is -2.15. The highest BCUT2D eigenvalue weighted by molar-refractivity contribution is 6.25. The quantitative estimate of drug-likeness (QED) is 0.557. The molecule has 1 nitrogen and oxygen atoms in total. The number of allylic oxidation sites excluding steroid dienone is 1. The van der Waals surface area contributed by atoms with Crippen molar-refractivity contribution in [2.75, 3.05) is 13.6 Å². The smallest absolute Gasteiger partial charge is 0.0231 e. The lowest BCUT2D eigenvalue weighted by atomic mass is 10.5. The van der Waals surface area contributed by atoms with Crippen molar-refractivity contribution in [1.29, 1.82) is 0 Å². The predicted molar refractivity (Wildman–Crippen MR) is 37.9 cm³/mol. The maximum absolute atomic E-state index is 5.42. The summed E-state index contributed by atoms with van der Waals surface area (Å²) in [4.78, 5) is 2.08. The highest BCUT2D eigenvalue weighted by Gasteiger charge is 1.90. The fourth-order valence-electron chi connectivity index (χ4n) is 0.333. The van der Waals surface area contributed by atoms with Gasteiger partial charge in [-0.05, 0) is 13.8 Å². The van der Waals surface area contributed by atoms with E-state index in [-0.39, 0.29) is 0 Å². The van der Waals surface area contributed by atoms with Gasteiger partial charge < -0.3 is 4.90 Å². The van der Waals surface area contributed by atoms with E-state index in [0.717, 1.165) is 12.2 Å². The number of rotatable bonds is 2. The Kier molecular flexibility index (Phi) is 3.71. The van der Waals surface area contributed by atoms with E-state index < -0.39 is 0 Å². The fourth-order valence-corrected chi connectivity index (χ4v) is 0.499. The van der Waals surface area contributed by atoms with Gasteiger partial charge in [-0.2, -0.15) is 0 Å². The monoisotopic (exact) mass is 133 g/mol. The molecule has 0 radical (unpaired) electrons. The van der Waals surface area contributed by atoms with Gasteiger partial charge in [0.15, 0.2) is 0 Å². The van der Waals surface area contributed by atoms with Crippen LogP contribution in [0.4, 0.5) is 0 Å². The lowest BCUT2D eigenvalue weighted by molar-refractivity contribution is 0.444. The predicted octanol–water partition coefficient (Wildman–Crippen LogP) is 2.04. The average Bonchev–Trinajstić information content (AvgIpc) is 1.84. The van der Waals surface area contributed by atoms with E-state index in [1.54, 1.807) is 5.54 Å². The molecule has 0 fully saturated rings. The van der Waals surface area contributed by atoms with Crippen LogP contribution in [0.5, 0.6) is 0 Å². The second-order valence-corrected chi connectivity index (χ2v) is 1.98. The molecule has 0 unspecified atom stereocenters. The van der Waals surface area contributed by atoms with Gasteiger partial charge in [0.1, 0.15) is 0 Å². The molecule has 0 aliphatic heterocycles. The summed E-state index contributed by atoms with van der Waals surface area (Å²) in [6.45, 7) is 5.08. The van der Waals surface area contributed by atoms with Gasteiger partial charge in [0.2, 0.25) is 0 Å². The van der Waals surface area contributed by atoms with Crippen LogP contribution in [-0.4, -0.2) is 18.5 Å². The molecule has 0 spiro atoms. The van der Waals surface area contributed by atoms with E-state index in [1.165, 1.54) is 0 Å². The van der Waals surface area contributed by atoms with Crippen LogP contribution in [0.1, 0.15) is 13.8 Å². The van der Waals surface area contributed by atoms with E-state index in [4.69, 9.17) is 11.6 Å². The Hall–Kier alpha value is -0.170. The van der Waals surface area contributed by atoms with Gasteiger partial charge in [-0.3, -0.25) is 0 Å². The Morgan fingerprint density at radius 2 is 2.25 bits per heavy atom. The van der Waals surface area contributed by atoms with Gasteiger partial charge in [0.05, 0.1) is 0 Å². The second kappa shape index (κ2) is 3.79. The summed E-state index contributed by atoms with van der Waals surface area (Å²) in [6.07, 6.45) is 0. The van der Waals surface area contributed by atoms with E-state index in [9.17, 15) is 0 Å². The molecule has 48 valence electrons. The summed E-state index contributed by atoms with van der Waals surface area (Å²) in [5.74, 6) is 0. The minimum absolute atomic E-state index is 1.01. The number of nitrogens with zero attached hydrogens (tertiary/aromatic N) is 1. The van der Waals surface area contributed by atoms with Crippen molar-refractivity contribution < 1.29 is 0 Å². The molecule has 0 saturated carbocycles. The first kappa shape index (κ1) is 7.83. The van der Waals surface area contributed by atoms with Crippen LogP contribution in [0.3, 0.4) is 0 Å². The van der Waals surface area contributed by atoms with Crippen LogP contribution in [0, 0.1) is 0 Å². The molecule has 0 N–H and O–H groups in total. The number of hydrogen-bond donors (Lipinski definition) is 0. The molecule has 0 aliphatic rings. The Morgan fingerprint density at radius 1 is 1.75 bits per heavy atom. The minimum atomic E-state index is 1.01. The van der Waals surface area contributed by atoms with Crippen LogP contribution in [0.2, 0.25) is 0 Å². The van der Waals surface area contributed by atoms with Crippen molar-refractivity contribution in [3.05, 3.63) is 11.2 Å². The molecule has 0 aromatic rings. The van der Waals surface area contributed by atoms with Crippen molar-refractivity contribution in [2.45, 2.75) is 13.8 Å². The summed E-state index contributed by atoms with van der Waals surface area (Å²) >= 11 is 5.42. The van der Waals surface area contributed by atoms with Gasteiger partial charge >= 0.3 is 0 Å². The Balaban J connectivity index is 3.63. The summed E-state index contributed by atoms with van der Waals surface area (Å²) in [7, 11) is 2.01. The molecule has 2 heteroatoms. The van der Waals surface area contributed by atoms with E-state index in [2.05, 4.69) is 11.8 Å². The van der Waals surface area contributed by atoms with Gasteiger partial charge in [0.25, 0.3) is 0 Å². The van der Waals surface area contributed by atoms with Gasteiger partial charge in [-0.25, -0.2) is 0 Å². The molecule has 0 amide bonds. The second-order valence-electron chi connectivity index (χ2n) is 1.76. The molecule has 0 atom stereocenters. The molecule has 0 aromatic carbocycles. The van der Waals surface area contributed by atoms with E-state index >= 15 is 0 Å². The third kappa shape index (κ3) is 2.22. The summed E-state index contributed by atoms with van der Waals surface area (Å²) in [6, 6.07) is 0. The first-order valence-electron chi connectivity index (χ1n) is 2.70. The Labute approximate surface area is 55.9 Å². The van der Waals surface area contributed by atoms with Crippen LogP contribution in [0.15, 0.2) is 11.2 Å². The largest absolute Gasteiger partial charge is 0.378 e. The minimum Gasteiger partial charge on any atom is -0.378 e. The van der Waals surface area contributed by atoms with Crippen molar-refractivity contribution in [1.82, 2.24) is 4.90 Å². The molecule has 0 aromatic heterocycles. The molecular formula is C6H12ClN. The lowest BCUT2D eigenvalue weighted by Crippen LogP contribution is -2.13. The van der Waals surface area contributed by atoms with Gasteiger partial charge in [-0.1, -0.05) is 11.6 Å². The number of halogens is 1. The standard InChI is InChI=1S/C6H12ClN/c1-4-8(3)6(2)5-7/h5H,4H2,1-3H3/b6-5+. The third-order valence-electron chi connectivity index (χ3n) is 1.23. The first-order valence-corrected chi connectivity index (χ1v) is 3.14. The highest BCUT2D eigenvalue weighted by atomic mass is 35.5. The van der Waals surface area contributed by atoms with Crippen LogP contribution in [0.25, 0.3) is 0 Å². The summed E-state index contributed by atoms with van der Waals surface area (Å²) in [5.41, 5.74) is 2.69. The topological polar surface area (TPSA) is 3.24 Å². The van der Waals surface area contributed by atoms with Crippen molar-refractivity contribution in [2.24, 2.45) is 0 Å². The summed E-state index contributed by atoms with van der Waals surface area (Å²) in [5, 5.41) is 0. The molecular weight excluding hydrogens is 122 g/mol. The highest BCUT2D eigenvalue weighted by Crippen LogP contribution is 1.99. The first-order chi connectivity index (χ1) is 3.72. The zero-order valence-electron chi connectivity index (χ0n) is 5.61. The third-order valence-corrected chi connectivity index (χ3v) is 1.55. The zero-order chi connectivity index (χ0) is 6.57. The van der Waals surface area contributed by atoms with E-state index in [0.29, 0.717) is 0 Å².